The van der Waals surface area contributed by atoms with Gasteiger partial charge in [0.05, 0.1) is 24.8 Å². The van der Waals surface area contributed by atoms with Crippen LogP contribution in [0.25, 0.3) is 0 Å². The summed E-state index contributed by atoms with van der Waals surface area (Å²) in [5, 5.41) is 0.830. The molecule has 1 aromatic carbocycles. The minimum atomic E-state index is -0.174. The van der Waals surface area contributed by atoms with Crippen molar-refractivity contribution in [1.82, 2.24) is 0 Å². The summed E-state index contributed by atoms with van der Waals surface area (Å²) >= 11 is 12.0. The SMILES string of the molecule is Clc1ccc2c(c1Cl)OC(COCC1CO1)CO2. The Balaban J connectivity index is 1.62. The lowest BCUT2D eigenvalue weighted by Crippen LogP contribution is -2.34. The minimum Gasteiger partial charge on any atom is -0.486 e. The van der Waals surface area contributed by atoms with Gasteiger partial charge in [0.15, 0.2) is 17.6 Å². The van der Waals surface area contributed by atoms with Crippen LogP contribution in [0.3, 0.4) is 0 Å². The molecule has 1 fully saturated rings. The van der Waals surface area contributed by atoms with Crippen LogP contribution in [0.5, 0.6) is 11.5 Å². The number of hydrogen-bond acceptors (Lipinski definition) is 4. The van der Waals surface area contributed by atoms with Gasteiger partial charge in [-0.1, -0.05) is 23.2 Å². The molecule has 1 saturated heterocycles. The molecule has 2 unspecified atom stereocenters. The van der Waals surface area contributed by atoms with Crippen LogP contribution in [0.15, 0.2) is 12.1 Å². The molecule has 98 valence electrons. The second kappa shape index (κ2) is 5.13. The van der Waals surface area contributed by atoms with E-state index in [1.807, 2.05) is 0 Å². The van der Waals surface area contributed by atoms with Gasteiger partial charge < -0.3 is 18.9 Å². The fourth-order valence-corrected chi connectivity index (χ4v) is 2.05. The molecule has 0 bridgehead atoms. The highest BCUT2D eigenvalue weighted by molar-refractivity contribution is 6.43. The molecular formula is C12H12Cl2O4. The Bertz CT molecular complexity index is 448. The monoisotopic (exact) mass is 290 g/mol. The van der Waals surface area contributed by atoms with Crippen LogP contribution in [0.1, 0.15) is 0 Å². The third kappa shape index (κ3) is 2.67. The predicted molar refractivity (Wildman–Crippen MR) is 66.9 cm³/mol. The number of halogens is 2. The fraction of sp³-hybridized carbons (Fsp3) is 0.500. The van der Waals surface area contributed by atoms with Gasteiger partial charge >= 0.3 is 0 Å². The van der Waals surface area contributed by atoms with E-state index in [1.54, 1.807) is 12.1 Å². The third-order valence-corrected chi connectivity index (χ3v) is 3.52. The van der Waals surface area contributed by atoms with Gasteiger partial charge in [0.25, 0.3) is 0 Å². The minimum absolute atomic E-state index is 0.174. The second-order valence-electron chi connectivity index (χ2n) is 4.23. The van der Waals surface area contributed by atoms with Crippen molar-refractivity contribution in [2.45, 2.75) is 12.2 Å². The summed E-state index contributed by atoms with van der Waals surface area (Å²) in [7, 11) is 0. The van der Waals surface area contributed by atoms with Crippen LogP contribution >= 0.6 is 23.2 Å². The molecule has 0 aliphatic carbocycles. The zero-order valence-electron chi connectivity index (χ0n) is 9.53. The third-order valence-electron chi connectivity index (χ3n) is 2.73. The van der Waals surface area contributed by atoms with Crippen molar-refractivity contribution in [3.8, 4) is 11.5 Å². The standard InChI is InChI=1S/C12H12Cl2O4/c13-9-1-2-10-12(11(9)14)18-8(6-17-10)4-15-3-7-5-16-7/h1-2,7-8H,3-6H2. The van der Waals surface area contributed by atoms with E-state index in [2.05, 4.69) is 0 Å². The molecule has 6 heteroatoms. The highest BCUT2D eigenvalue weighted by Crippen LogP contribution is 2.42. The van der Waals surface area contributed by atoms with Crippen LogP contribution in [0.4, 0.5) is 0 Å². The first-order valence-corrected chi connectivity index (χ1v) is 6.46. The second-order valence-corrected chi connectivity index (χ2v) is 5.02. The van der Waals surface area contributed by atoms with E-state index in [0.717, 1.165) is 6.61 Å². The predicted octanol–water partition coefficient (Wildman–Crippen LogP) is 2.55. The quantitative estimate of drug-likeness (QED) is 0.799. The molecule has 2 heterocycles. The van der Waals surface area contributed by atoms with Crippen molar-refractivity contribution in [2.75, 3.05) is 26.4 Å². The maximum atomic E-state index is 6.07. The smallest absolute Gasteiger partial charge is 0.181 e. The number of benzene rings is 1. The van der Waals surface area contributed by atoms with Gasteiger partial charge in [0.2, 0.25) is 0 Å². The maximum Gasteiger partial charge on any atom is 0.181 e. The van der Waals surface area contributed by atoms with E-state index in [-0.39, 0.29) is 12.2 Å². The zero-order valence-corrected chi connectivity index (χ0v) is 11.0. The van der Waals surface area contributed by atoms with E-state index in [9.17, 15) is 0 Å². The van der Waals surface area contributed by atoms with Gasteiger partial charge in [0, 0.05) is 0 Å². The lowest BCUT2D eigenvalue weighted by Gasteiger charge is -2.27. The van der Waals surface area contributed by atoms with E-state index >= 15 is 0 Å². The molecule has 4 nitrogen and oxygen atoms in total. The fourth-order valence-electron chi connectivity index (χ4n) is 1.70. The van der Waals surface area contributed by atoms with E-state index in [1.165, 1.54) is 0 Å². The summed E-state index contributed by atoms with van der Waals surface area (Å²) < 4.78 is 21.8. The average molecular weight is 291 g/mol. The lowest BCUT2D eigenvalue weighted by atomic mass is 10.2. The Morgan fingerprint density at radius 3 is 2.72 bits per heavy atom. The van der Waals surface area contributed by atoms with E-state index in [4.69, 9.17) is 42.1 Å². The lowest BCUT2D eigenvalue weighted by molar-refractivity contribution is 0.00481. The molecule has 0 aromatic heterocycles. The number of ether oxygens (including phenoxy) is 4. The Kier molecular flexibility index (Phi) is 3.52. The molecule has 0 spiro atoms. The van der Waals surface area contributed by atoms with E-state index < -0.39 is 0 Å². The highest BCUT2D eigenvalue weighted by atomic mass is 35.5. The first-order chi connectivity index (χ1) is 8.74. The number of hydrogen-bond donors (Lipinski definition) is 0. The van der Waals surface area contributed by atoms with Crippen LogP contribution in [0.2, 0.25) is 10.0 Å². The van der Waals surface area contributed by atoms with Gasteiger partial charge in [-0.25, -0.2) is 0 Å². The first kappa shape index (κ1) is 12.4. The normalized spacial score (nSPS) is 25.0. The number of rotatable bonds is 4. The molecule has 3 rings (SSSR count). The summed E-state index contributed by atoms with van der Waals surface area (Å²) in [5.41, 5.74) is 0. The van der Waals surface area contributed by atoms with Crippen molar-refractivity contribution >= 4 is 23.2 Å². The Hall–Kier alpha value is -0.680. The van der Waals surface area contributed by atoms with Gasteiger partial charge in [-0.2, -0.15) is 0 Å². The summed E-state index contributed by atoms with van der Waals surface area (Å²) in [6, 6.07) is 3.44. The van der Waals surface area contributed by atoms with Crippen molar-refractivity contribution < 1.29 is 18.9 Å². The van der Waals surface area contributed by atoms with Crippen molar-refractivity contribution in [3.05, 3.63) is 22.2 Å². The summed E-state index contributed by atoms with van der Waals surface area (Å²) in [4.78, 5) is 0. The summed E-state index contributed by atoms with van der Waals surface area (Å²) in [5.74, 6) is 1.11. The van der Waals surface area contributed by atoms with Crippen molar-refractivity contribution in [2.24, 2.45) is 0 Å². The summed E-state index contributed by atoms with van der Waals surface area (Å²) in [6.07, 6.45) is 0.0760. The van der Waals surface area contributed by atoms with Gasteiger partial charge in [-0.3, -0.25) is 0 Å². The molecule has 0 saturated carbocycles. The Labute approximate surface area is 115 Å². The Morgan fingerprint density at radius 1 is 1.17 bits per heavy atom. The maximum absolute atomic E-state index is 6.07. The molecule has 2 aliphatic heterocycles. The number of fused-ring (bicyclic) bond motifs is 1. The molecule has 0 N–H and O–H groups in total. The van der Waals surface area contributed by atoms with Gasteiger partial charge in [-0.05, 0) is 12.1 Å². The molecular weight excluding hydrogens is 279 g/mol. The molecule has 2 aliphatic rings. The van der Waals surface area contributed by atoms with Crippen LogP contribution in [-0.4, -0.2) is 38.6 Å². The zero-order chi connectivity index (χ0) is 12.5. The largest absolute Gasteiger partial charge is 0.486 e. The van der Waals surface area contributed by atoms with Gasteiger partial charge in [0.1, 0.15) is 17.7 Å². The number of epoxide rings is 1. The highest BCUT2D eigenvalue weighted by Gasteiger charge is 2.27. The molecule has 1 aromatic rings. The van der Waals surface area contributed by atoms with Crippen molar-refractivity contribution in [3.63, 3.8) is 0 Å². The molecule has 0 amide bonds. The molecule has 18 heavy (non-hydrogen) atoms. The molecule has 2 atom stereocenters. The Morgan fingerprint density at radius 2 is 1.94 bits per heavy atom. The summed E-state index contributed by atoms with van der Waals surface area (Å²) in [6.45, 7) is 2.26. The van der Waals surface area contributed by atoms with Crippen LogP contribution in [0, 0.1) is 0 Å². The average Bonchev–Trinajstić information content (AvgIpc) is 3.19. The van der Waals surface area contributed by atoms with Crippen LogP contribution < -0.4 is 9.47 Å². The molecule has 0 radical (unpaired) electrons. The van der Waals surface area contributed by atoms with Crippen molar-refractivity contribution in [1.29, 1.82) is 0 Å². The van der Waals surface area contributed by atoms with Gasteiger partial charge in [-0.15, -0.1) is 0 Å². The topological polar surface area (TPSA) is 40.2 Å². The van der Waals surface area contributed by atoms with Crippen LogP contribution in [-0.2, 0) is 9.47 Å². The van der Waals surface area contributed by atoms with E-state index in [0.29, 0.717) is 41.4 Å². The first-order valence-electron chi connectivity index (χ1n) is 5.71.